The fourth-order valence-electron chi connectivity index (χ4n) is 1.63. The molecule has 6 heteroatoms. The zero-order valence-electron chi connectivity index (χ0n) is 9.94. The summed E-state index contributed by atoms with van der Waals surface area (Å²) in [6.45, 7) is 0.427. The normalized spacial score (nSPS) is 14.3. The maximum Gasteiger partial charge on any atom is 0.253 e. The summed E-state index contributed by atoms with van der Waals surface area (Å²) in [7, 11) is 0. The number of rotatable bonds is 5. The van der Waals surface area contributed by atoms with Crippen molar-refractivity contribution in [3.8, 4) is 5.75 Å². The first kappa shape index (κ1) is 13.2. The fraction of sp³-hybridized carbons (Fsp3) is 0.231. The van der Waals surface area contributed by atoms with Crippen LogP contribution in [-0.2, 0) is 9.59 Å². The maximum atomic E-state index is 12.9. The van der Waals surface area contributed by atoms with Crippen molar-refractivity contribution in [1.82, 2.24) is 4.90 Å². The van der Waals surface area contributed by atoms with E-state index in [1.165, 1.54) is 18.2 Å². The Morgan fingerprint density at radius 1 is 1.05 bits per heavy atom. The Balaban J connectivity index is 1.76. The second-order valence-electron chi connectivity index (χ2n) is 3.94. The summed E-state index contributed by atoms with van der Waals surface area (Å²) >= 11 is 0. The van der Waals surface area contributed by atoms with Crippen molar-refractivity contribution < 1.29 is 23.1 Å². The van der Waals surface area contributed by atoms with Crippen molar-refractivity contribution in [1.29, 1.82) is 0 Å². The molecule has 1 aromatic carbocycles. The van der Waals surface area contributed by atoms with Crippen LogP contribution < -0.4 is 4.74 Å². The molecule has 1 aromatic rings. The van der Waals surface area contributed by atoms with Gasteiger partial charge >= 0.3 is 0 Å². The smallest absolute Gasteiger partial charge is 0.253 e. The number of nitrogens with zero attached hydrogens (tertiary/aromatic N) is 1. The van der Waals surface area contributed by atoms with Crippen LogP contribution in [-0.4, -0.2) is 29.9 Å². The van der Waals surface area contributed by atoms with Gasteiger partial charge in [0.15, 0.2) is 11.6 Å². The number of ether oxygens (including phenoxy) is 1. The molecule has 0 spiro atoms. The first-order valence-electron chi connectivity index (χ1n) is 5.69. The molecule has 1 aliphatic heterocycles. The SMILES string of the molecule is O=C1C=CC(=O)N1CCCOc1ccc(F)c(F)c1. The minimum absolute atomic E-state index is 0.197. The first-order chi connectivity index (χ1) is 9.08. The molecule has 0 atom stereocenters. The van der Waals surface area contributed by atoms with E-state index >= 15 is 0 Å². The average Bonchev–Trinajstić information content (AvgIpc) is 2.70. The summed E-state index contributed by atoms with van der Waals surface area (Å²) in [6.07, 6.45) is 2.83. The Kier molecular flexibility index (Phi) is 3.89. The number of imide groups is 1. The highest BCUT2D eigenvalue weighted by atomic mass is 19.2. The first-order valence-corrected chi connectivity index (χ1v) is 5.69. The molecule has 1 aliphatic rings. The topological polar surface area (TPSA) is 46.6 Å². The molecule has 100 valence electrons. The van der Waals surface area contributed by atoms with Gasteiger partial charge in [-0.3, -0.25) is 14.5 Å². The lowest BCUT2D eigenvalue weighted by molar-refractivity contribution is -0.136. The van der Waals surface area contributed by atoms with Gasteiger partial charge in [-0.1, -0.05) is 0 Å². The number of halogens is 2. The predicted octanol–water partition coefficient (Wildman–Crippen LogP) is 1.66. The molecule has 2 rings (SSSR count). The van der Waals surface area contributed by atoms with Gasteiger partial charge in [-0.15, -0.1) is 0 Å². The van der Waals surface area contributed by atoms with E-state index in [9.17, 15) is 18.4 Å². The molecular formula is C13H11F2NO3. The van der Waals surface area contributed by atoms with E-state index in [0.29, 0.717) is 6.42 Å². The van der Waals surface area contributed by atoms with Gasteiger partial charge in [-0.25, -0.2) is 8.78 Å². The highest BCUT2D eigenvalue weighted by Gasteiger charge is 2.22. The minimum atomic E-state index is -0.980. The number of amides is 2. The van der Waals surface area contributed by atoms with Gasteiger partial charge in [0.2, 0.25) is 0 Å². The highest BCUT2D eigenvalue weighted by molar-refractivity contribution is 6.12. The molecule has 0 bridgehead atoms. The van der Waals surface area contributed by atoms with Crippen molar-refractivity contribution in [2.45, 2.75) is 6.42 Å². The van der Waals surface area contributed by atoms with E-state index in [2.05, 4.69) is 0 Å². The summed E-state index contributed by atoms with van der Waals surface area (Å²) in [5.74, 6) is -2.41. The third kappa shape index (κ3) is 3.15. The summed E-state index contributed by atoms with van der Waals surface area (Å²) in [6, 6.07) is 3.23. The third-order valence-corrected chi connectivity index (χ3v) is 2.59. The van der Waals surface area contributed by atoms with Crippen LogP contribution in [0.15, 0.2) is 30.4 Å². The van der Waals surface area contributed by atoms with E-state index in [1.54, 1.807) is 0 Å². The van der Waals surface area contributed by atoms with Crippen molar-refractivity contribution in [2.75, 3.05) is 13.2 Å². The van der Waals surface area contributed by atoms with E-state index in [4.69, 9.17) is 4.74 Å². The predicted molar refractivity (Wildman–Crippen MR) is 62.3 cm³/mol. The summed E-state index contributed by atoms with van der Waals surface area (Å²) in [5, 5.41) is 0. The summed E-state index contributed by atoms with van der Waals surface area (Å²) in [5.41, 5.74) is 0. The van der Waals surface area contributed by atoms with Crippen LogP contribution in [0.4, 0.5) is 8.78 Å². The lowest BCUT2D eigenvalue weighted by Gasteiger charge is -2.13. The Morgan fingerprint density at radius 2 is 1.74 bits per heavy atom. The molecule has 2 amide bonds. The van der Waals surface area contributed by atoms with E-state index in [-0.39, 0.29) is 30.7 Å². The van der Waals surface area contributed by atoms with Crippen LogP contribution in [0, 0.1) is 11.6 Å². The molecule has 0 N–H and O–H groups in total. The van der Waals surface area contributed by atoms with Gasteiger partial charge in [-0.2, -0.15) is 0 Å². The van der Waals surface area contributed by atoms with Crippen molar-refractivity contribution in [3.05, 3.63) is 42.0 Å². The molecular weight excluding hydrogens is 256 g/mol. The number of hydrogen-bond acceptors (Lipinski definition) is 3. The third-order valence-electron chi connectivity index (χ3n) is 2.59. The van der Waals surface area contributed by atoms with Crippen molar-refractivity contribution in [2.24, 2.45) is 0 Å². The van der Waals surface area contributed by atoms with Gasteiger partial charge in [-0.05, 0) is 18.6 Å². The molecule has 1 heterocycles. The van der Waals surface area contributed by atoms with Crippen molar-refractivity contribution >= 4 is 11.8 Å². The lowest BCUT2D eigenvalue weighted by Crippen LogP contribution is -2.31. The van der Waals surface area contributed by atoms with E-state index in [0.717, 1.165) is 17.0 Å². The lowest BCUT2D eigenvalue weighted by atomic mass is 10.3. The van der Waals surface area contributed by atoms with Crippen LogP contribution in [0.25, 0.3) is 0 Å². The summed E-state index contributed by atoms with van der Waals surface area (Å²) in [4.78, 5) is 23.5. The van der Waals surface area contributed by atoms with Crippen LogP contribution in [0.1, 0.15) is 6.42 Å². The summed E-state index contributed by atoms with van der Waals surface area (Å²) < 4.78 is 30.7. The number of benzene rings is 1. The fourth-order valence-corrected chi connectivity index (χ4v) is 1.63. The second kappa shape index (κ2) is 5.60. The zero-order valence-corrected chi connectivity index (χ0v) is 9.94. The maximum absolute atomic E-state index is 12.9. The Morgan fingerprint density at radius 3 is 2.37 bits per heavy atom. The largest absolute Gasteiger partial charge is 0.493 e. The van der Waals surface area contributed by atoms with Gasteiger partial charge in [0.05, 0.1) is 6.61 Å². The Bertz CT molecular complexity index is 525. The second-order valence-corrected chi connectivity index (χ2v) is 3.94. The molecule has 0 saturated carbocycles. The Hall–Kier alpha value is -2.24. The average molecular weight is 267 g/mol. The van der Waals surface area contributed by atoms with Gasteiger partial charge in [0.1, 0.15) is 5.75 Å². The highest BCUT2D eigenvalue weighted by Crippen LogP contribution is 2.15. The monoisotopic (exact) mass is 267 g/mol. The van der Waals surface area contributed by atoms with Crippen LogP contribution >= 0.6 is 0 Å². The standard InChI is InChI=1S/C13H11F2NO3/c14-10-3-2-9(8-11(10)15)19-7-1-6-16-12(17)4-5-13(16)18/h2-5,8H,1,6-7H2. The number of carbonyl (C=O) groups is 2. The van der Waals surface area contributed by atoms with Crippen LogP contribution in [0.3, 0.4) is 0 Å². The molecule has 0 aliphatic carbocycles. The van der Waals surface area contributed by atoms with Gasteiger partial charge in [0, 0.05) is 24.8 Å². The zero-order chi connectivity index (χ0) is 13.8. The van der Waals surface area contributed by atoms with Crippen molar-refractivity contribution in [3.63, 3.8) is 0 Å². The number of hydrogen-bond donors (Lipinski definition) is 0. The molecule has 0 fully saturated rings. The quantitative estimate of drug-likeness (QED) is 0.602. The van der Waals surface area contributed by atoms with Gasteiger partial charge < -0.3 is 4.74 Å². The molecule has 0 radical (unpaired) electrons. The Labute approximate surface area is 108 Å². The number of carbonyl (C=O) groups excluding carboxylic acids is 2. The van der Waals surface area contributed by atoms with Crippen LogP contribution in [0.2, 0.25) is 0 Å². The molecule has 0 aromatic heterocycles. The van der Waals surface area contributed by atoms with E-state index in [1.807, 2.05) is 0 Å². The molecule has 19 heavy (non-hydrogen) atoms. The van der Waals surface area contributed by atoms with Crippen LogP contribution in [0.5, 0.6) is 5.75 Å². The van der Waals surface area contributed by atoms with E-state index < -0.39 is 11.6 Å². The van der Waals surface area contributed by atoms with Gasteiger partial charge in [0.25, 0.3) is 11.8 Å². The molecule has 0 saturated heterocycles. The molecule has 4 nitrogen and oxygen atoms in total. The minimum Gasteiger partial charge on any atom is -0.493 e. The molecule has 0 unspecified atom stereocenters.